The molecule has 8 heteroatoms. The Morgan fingerprint density at radius 1 is 1.06 bits per heavy atom. The van der Waals surface area contributed by atoms with Crippen LogP contribution in [0, 0.1) is 0 Å². The third kappa shape index (κ3) is 2.64. The molecule has 17 heavy (non-hydrogen) atoms. The van der Waals surface area contributed by atoms with Crippen molar-refractivity contribution in [3.05, 3.63) is 33.8 Å². The molecule has 0 aliphatic carbocycles. The van der Waals surface area contributed by atoms with Gasteiger partial charge in [0.1, 0.15) is 6.04 Å². The molecule has 0 aromatic heterocycles. The summed E-state index contributed by atoms with van der Waals surface area (Å²) in [6.45, 7) is 0. The summed E-state index contributed by atoms with van der Waals surface area (Å²) in [6, 6.07) is 0.814. The molecular formula is C9H6Cl2F5N. The van der Waals surface area contributed by atoms with Crippen LogP contribution in [0.1, 0.15) is 11.6 Å². The van der Waals surface area contributed by atoms with Gasteiger partial charge in [-0.3, -0.25) is 0 Å². The van der Waals surface area contributed by atoms with Crippen molar-refractivity contribution in [3.8, 4) is 0 Å². The molecule has 0 fully saturated rings. The van der Waals surface area contributed by atoms with Crippen molar-refractivity contribution >= 4 is 23.2 Å². The Morgan fingerprint density at radius 3 is 2.06 bits per heavy atom. The summed E-state index contributed by atoms with van der Waals surface area (Å²) in [7, 11) is 0. The zero-order valence-electron chi connectivity index (χ0n) is 8.03. The fourth-order valence-electron chi connectivity index (χ4n) is 1.13. The van der Waals surface area contributed by atoms with Crippen molar-refractivity contribution in [1.82, 2.24) is 0 Å². The molecule has 0 unspecified atom stereocenters. The maximum absolute atomic E-state index is 13.0. The topological polar surface area (TPSA) is 26.0 Å². The van der Waals surface area contributed by atoms with Gasteiger partial charge >= 0.3 is 12.1 Å². The summed E-state index contributed by atoms with van der Waals surface area (Å²) in [6.07, 6.45) is -5.75. The van der Waals surface area contributed by atoms with E-state index in [0.717, 1.165) is 6.07 Å². The van der Waals surface area contributed by atoms with Crippen LogP contribution in [0.15, 0.2) is 18.2 Å². The average molecular weight is 294 g/mol. The summed E-state index contributed by atoms with van der Waals surface area (Å²) in [4.78, 5) is 0. The van der Waals surface area contributed by atoms with E-state index in [4.69, 9.17) is 28.9 Å². The second kappa shape index (κ2) is 4.59. The van der Waals surface area contributed by atoms with E-state index in [0.29, 0.717) is 0 Å². The first-order valence-corrected chi connectivity index (χ1v) is 4.98. The van der Waals surface area contributed by atoms with Crippen molar-refractivity contribution in [3.63, 3.8) is 0 Å². The number of rotatable bonds is 2. The zero-order valence-corrected chi connectivity index (χ0v) is 9.54. The molecular weight excluding hydrogens is 288 g/mol. The number of hydrogen-bond acceptors (Lipinski definition) is 1. The van der Waals surface area contributed by atoms with Gasteiger partial charge in [0.25, 0.3) is 0 Å². The van der Waals surface area contributed by atoms with Gasteiger partial charge in [0.2, 0.25) is 0 Å². The molecule has 0 aliphatic rings. The Bertz CT molecular complexity index is 418. The number of halogens is 7. The molecule has 1 nitrogen and oxygen atoms in total. The van der Waals surface area contributed by atoms with Crippen molar-refractivity contribution in [2.75, 3.05) is 0 Å². The lowest BCUT2D eigenvalue weighted by Gasteiger charge is -2.26. The Kier molecular flexibility index (Phi) is 3.91. The van der Waals surface area contributed by atoms with Gasteiger partial charge in [-0.25, -0.2) is 0 Å². The molecule has 0 radical (unpaired) electrons. The molecule has 1 atom stereocenters. The van der Waals surface area contributed by atoms with Crippen LogP contribution in [0.2, 0.25) is 10.0 Å². The standard InChI is InChI=1S/C9H6Cl2F5N/c10-5-3-1-2-4(6(5)11)7(17)8(12,13)9(14,15)16/h1-3,7H,17H2/t7-/m1/s1. The molecule has 0 bridgehead atoms. The summed E-state index contributed by atoms with van der Waals surface area (Å²) in [5.74, 6) is -5.08. The summed E-state index contributed by atoms with van der Waals surface area (Å²) in [5, 5.41) is -0.553. The molecule has 96 valence electrons. The van der Waals surface area contributed by atoms with Crippen LogP contribution in [0.25, 0.3) is 0 Å². The smallest absolute Gasteiger partial charge is 0.319 e. The molecule has 1 aromatic carbocycles. The quantitative estimate of drug-likeness (QED) is 0.813. The summed E-state index contributed by atoms with van der Waals surface area (Å²) < 4.78 is 62.2. The SMILES string of the molecule is N[C@H](c1cccc(Cl)c1Cl)C(F)(F)C(F)(F)F. The maximum Gasteiger partial charge on any atom is 0.455 e. The van der Waals surface area contributed by atoms with Crippen LogP contribution in [-0.4, -0.2) is 12.1 Å². The van der Waals surface area contributed by atoms with Crippen molar-refractivity contribution < 1.29 is 22.0 Å². The lowest BCUT2D eigenvalue weighted by molar-refractivity contribution is -0.290. The number of benzene rings is 1. The zero-order chi connectivity index (χ0) is 13.4. The molecule has 0 saturated carbocycles. The monoisotopic (exact) mass is 293 g/mol. The third-order valence-corrected chi connectivity index (χ3v) is 2.92. The van der Waals surface area contributed by atoms with Crippen LogP contribution in [0.5, 0.6) is 0 Å². The highest BCUT2D eigenvalue weighted by molar-refractivity contribution is 6.42. The Balaban J connectivity index is 3.22. The molecule has 0 spiro atoms. The van der Waals surface area contributed by atoms with Gasteiger partial charge in [0, 0.05) is 0 Å². The fourth-order valence-corrected chi connectivity index (χ4v) is 1.56. The van der Waals surface area contributed by atoms with Gasteiger partial charge < -0.3 is 5.73 Å². The predicted molar refractivity (Wildman–Crippen MR) is 54.4 cm³/mol. The second-order valence-corrected chi connectivity index (χ2v) is 4.03. The van der Waals surface area contributed by atoms with Crippen LogP contribution < -0.4 is 5.73 Å². The lowest BCUT2D eigenvalue weighted by Crippen LogP contribution is -2.45. The Hall–Kier alpha value is -0.590. The number of nitrogens with two attached hydrogens (primary N) is 1. The Labute approximate surface area is 103 Å². The first kappa shape index (κ1) is 14.5. The first-order chi connectivity index (χ1) is 7.59. The third-order valence-electron chi connectivity index (χ3n) is 2.09. The highest BCUT2D eigenvalue weighted by atomic mass is 35.5. The highest BCUT2D eigenvalue weighted by Gasteiger charge is 2.62. The highest BCUT2D eigenvalue weighted by Crippen LogP contribution is 2.45. The van der Waals surface area contributed by atoms with Gasteiger partial charge in [0.15, 0.2) is 0 Å². The van der Waals surface area contributed by atoms with Crippen molar-refractivity contribution in [2.24, 2.45) is 5.73 Å². The molecule has 1 rings (SSSR count). The van der Waals surface area contributed by atoms with E-state index in [-0.39, 0.29) is 5.02 Å². The maximum atomic E-state index is 13.0. The fraction of sp³-hybridized carbons (Fsp3) is 0.333. The molecule has 0 saturated heterocycles. The number of alkyl halides is 5. The van der Waals surface area contributed by atoms with Gasteiger partial charge in [-0.1, -0.05) is 35.3 Å². The molecule has 0 amide bonds. The van der Waals surface area contributed by atoms with Gasteiger partial charge in [-0.05, 0) is 11.6 Å². The Morgan fingerprint density at radius 2 is 1.59 bits per heavy atom. The van der Waals surface area contributed by atoms with Gasteiger partial charge in [-0.2, -0.15) is 22.0 Å². The van der Waals surface area contributed by atoms with E-state index in [1.165, 1.54) is 12.1 Å². The van der Waals surface area contributed by atoms with E-state index in [1.807, 2.05) is 0 Å². The summed E-state index contributed by atoms with van der Waals surface area (Å²) >= 11 is 11.0. The van der Waals surface area contributed by atoms with Gasteiger partial charge in [0.05, 0.1) is 10.0 Å². The van der Waals surface area contributed by atoms with Gasteiger partial charge in [-0.15, -0.1) is 0 Å². The first-order valence-electron chi connectivity index (χ1n) is 4.23. The average Bonchev–Trinajstić information content (AvgIpc) is 2.19. The van der Waals surface area contributed by atoms with Crippen LogP contribution in [0.4, 0.5) is 22.0 Å². The van der Waals surface area contributed by atoms with Crippen LogP contribution in [0.3, 0.4) is 0 Å². The minimum atomic E-state index is -5.75. The van der Waals surface area contributed by atoms with Crippen molar-refractivity contribution in [1.29, 1.82) is 0 Å². The van der Waals surface area contributed by atoms with E-state index in [1.54, 1.807) is 0 Å². The van der Waals surface area contributed by atoms with Crippen LogP contribution in [-0.2, 0) is 0 Å². The number of hydrogen-bond donors (Lipinski definition) is 1. The minimum Gasteiger partial charge on any atom is -0.319 e. The molecule has 1 aromatic rings. The summed E-state index contributed by atoms with van der Waals surface area (Å²) in [5.41, 5.74) is 4.36. The molecule has 0 aliphatic heterocycles. The van der Waals surface area contributed by atoms with E-state index < -0.39 is 28.7 Å². The second-order valence-electron chi connectivity index (χ2n) is 3.24. The van der Waals surface area contributed by atoms with E-state index in [2.05, 4.69) is 0 Å². The van der Waals surface area contributed by atoms with Crippen LogP contribution >= 0.6 is 23.2 Å². The molecule has 2 N–H and O–H groups in total. The predicted octanol–water partition coefficient (Wildman–Crippen LogP) is 4.19. The van der Waals surface area contributed by atoms with Crippen molar-refractivity contribution in [2.45, 2.75) is 18.1 Å². The van der Waals surface area contributed by atoms with E-state index in [9.17, 15) is 22.0 Å². The molecule has 0 heterocycles. The minimum absolute atomic E-state index is 0.141. The normalized spacial score (nSPS) is 14.8. The lowest BCUT2D eigenvalue weighted by atomic mass is 10.0. The van der Waals surface area contributed by atoms with E-state index >= 15 is 0 Å². The largest absolute Gasteiger partial charge is 0.455 e.